The van der Waals surface area contributed by atoms with Crippen molar-refractivity contribution in [2.24, 2.45) is 0 Å². The molecule has 60 valence electrons. The Labute approximate surface area is 66.6 Å². The Balaban J connectivity index is 2.90. The molecule has 1 aromatic rings. The highest BCUT2D eigenvalue weighted by atomic mass is 15.3. The van der Waals surface area contributed by atoms with Gasteiger partial charge >= 0.3 is 0 Å². The lowest BCUT2D eigenvalue weighted by molar-refractivity contribution is 0.980. The lowest BCUT2D eigenvalue weighted by Crippen LogP contribution is -2.15. The Morgan fingerprint density at radius 2 is 2.09 bits per heavy atom. The van der Waals surface area contributed by atoms with Crippen LogP contribution in [-0.4, -0.2) is 7.05 Å². The number of benzene rings is 1. The van der Waals surface area contributed by atoms with E-state index >= 15 is 0 Å². The first-order chi connectivity index (χ1) is 5.24. The fourth-order valence-corrected chi connectivity index (χ4v) is 0.962. The molecule has 0 spiro atoms. The average Bonchev–Trinajstić information content (AvgIpc) is 1.95. The summed E-state index contributed by atoms with van der Waals surface area (Å²) in [7, 11) is 1.83. The summed E-state index contributed by atoms with van der Waals surface area (Å²) in [5.74, 6) is 0. The summed E-state index contributed by atoms with van der Waals surface area (Å²) >= 11 is 0. The SMILES string of the molecule is CNNc1ccc(N)cc1C. The normalized spacial score (nSPS) is 9.64. The van der Waals surface area contributed by atoms with Crippen LogP contribution in [0.25, 0.3) is 0 Å². The van der Waals surface area contributed by atoms with Gasteiger partial charge in [0, 0.05) is 12.7 Å². The first-order valence-corrected chi connectivity index (χ1v) is 3.53. The summed E-state index contributed by atoms with van der Waals surface area (Å²) < 4.78 is 0. The summed E-state index contributed by atoms with van der Waals surface area (Å²) in [6.07, 6.45) is 0. The van der Waals surface area contributed by atoms with E-state index in [0.717, 1.165) is 16.9 Å². The second-order valence-corrected chi connectivity index (χ2v) is 2.45. The zero-order chi connectivity index (χ0) is 8.27. The van der Waals surface area contributed by atoms with Crippen molar-refractivity contribution in [3.05, 3.63) is 23.8 Å². The Bertz CT molecular complexity index is 245. The van der Waals surface area contributed by atoms with Gasteiger partial charge in [0.15, 0.2) is 0 Å². The van der Waals surface area contributed by atoms with Gasteiger partial charge in [-0.25, -0.2) is 5.43 Å². The van der Waals surface area contributed by atoms with E-state index in [-0.39, 0.29) is 0 Å². The van der Waals surface area contributed by atoms with Gasteiger partial charge in [-0.05, 0) is 30.7 Å². The minimum Gasteiger partial charge on any atom is -0.399 e. The van der Waals surface area contributed by atoms with Crippen LogP contribution in [-0.2, 0) is 0 Å². The Morgan fingerprint density at radius 1 is 1.36 bits per heavy atom. The highest BCUT2D eigenvalue weighted by Crippen LogP contribution is 2.16. The van der Waals surface area contributed by atoms with Crippen molar-refractivity contribution in [2.45, 2.75) is 6.92 Å². The van der Waals surface area contributed by atoms with Gasteiger partial charge in [-0.3, -0.25) is 0 Å². The third-order valence-corrected chi connectivity index (χ3v) is 1.51. The third-order valence-electron chi connectivity index (χ3n) is 1.51. The van der Waals surface area contributed by atoms with E-state index in [4.69, 9.17) is 5.73 Å². The molecular formula is C8H13N3. The highest BCUT2D eigenvalue weighted by molar-refractivity contribution is 5.56. The molecule has 3 heteroatoms. The van der Waals surface area contributed by atoms with E-state index in [9.17, 15) is 0 Å². The topological polar surface area (TPSA) is 50.1 Å². The molecule has 4 N–H and O–H groups in total. The van der Waals surface area contributed by atoms with Crippen molar-refractivity contribution < 1.29 is 0 Å². The molecule has 0 radical (unpaired) electrons. The fourth-order valence-electron chi connectivity index (χ4n) is 0.962. The molecule has 0 aliphatic carbocycles. The van der Waals surface area contributed by atoms with Gasteiger partial charge in [-0.2, -0.15) is 0 Å². The molecule has 1 aromatic carbocycles. The predicted octanol–water partition coefficient (Wildman–Crippen LogP) is 1.12. The predicted molar refractivity (Wildman–Crippen MR) is 48.3 cm³/mol. The molecule has 3 nitrogen and oxygen atoms in total. The number of hydrogen-bond acceptors (Lipinski definition) is 3. The van der Waals surface area contributed by atoms with Crippen LogP contribution in [0.1, 0.15) is 5.56 Å². The molecule has 11 heavy (non-hydrogen) atoms. The van der Waals surface area contributed by atoms with E-state index in [1.807, 2.05) is 32.2 Å². The van der Waals surface area contributed by atoms with E-state index in [2.05, 4.69) is 10.9 Å². The monoisotopic (exact) mass is 151 g/mol. The first-order valence-electron chi connectivity index (χ1n) is 3.53. The molecule has 0 aliphatic heterocycles. The number of nitrogens with one attached hydrogen (secondary N) is 2. The maximum atomic E-state index is 5.58. The number of nitrogens with two attached hydrogens (primary N) is 1. The first kappa shape index (κ1) is 7.88. The molecule has 1 rings (SSSR count). The van der Waals surface area contributed by atoms with Crippen molar-refractivity contribution in [1.29, 1.82) is 0 Å². The zero-order valence-electron chi connectivity index (χ0n) is 6.81. The van der Waals surface area contributed by atoms with E-state index in [1.54, 1.807) is 0 Å². The molecular weight excluding hydrogens is 138 g/mol. The Kier molecular flexibility index (Phi) is 2.33. The maximum absolute atomic E-state index is 5.58. The van der Waals surface area contributed by atoms with Crippen LogP contribution in [0.5, 0.6) is 0 Å². The quantitative estimate of drug-likeness (QED) is 0.438. The summed E-state index contributed by atoms with van der Waals surface area (Å²) in [5, 5.41) is 0. The molecule has 0 saturated heterocycles. The minimum absolute atomic E-state index is 0.796. The van der Waals surface area contributed by atoms with Gasteiger partial charge < -0.3 is 11.2 Å². The molecule has 0 heterocycles. The molecule has 0 fully saturated rings. The van der Waals surface area contributed by atoms with E-state index in [1.165, 1.54) is 0 Å². The van der Waals surface area contributed by atoms with Crippen molar-refractivity contribution in [2.75, 3.05) is 18.2 Å². The number of aryl methyl sites for hydroxylation is 1. The molecule has 0 atom stereocenters. The number of anilines is 2. The van der Waals surface area contributed by atoms with Crippen LogP contribution >= 0.6 is 0 Å². The van der Waals surface area contributed by atoms with E-state index in [0.29, 0.717) is 0 Å². The summed E-state index contributed by atoms with van der Waals surface area (Å²) in [5.41, 5.74) is 14.4. The van der Waals surface area contributed by atoms with Crippen LogP contribution in [0.2, 0.25) is 0 Å². The zero-order valence-corrected chi connectivity index (χ0v) is 6.81. The van der Waals surface area contributed by atoms with Gasteiger partial charge in [0.25, 0.3) is 0 Å². The second kappa shape index (κ2) is 3.25. The fraction of sp³-hybridized carbons (Fsp3) is 0.250. The molecule has 0 aromatic heterocycles. The standard InChI is InChI=1S/C8H13N3/c1-6-5-7(9)3-4-8(6)11-10-2/h3-5,10-11H,9H2,1-2H3. The van der Waals surface area contributed by atoms with Gasteiger partial charge in [0.1, 0.15) is 0 Å². The number of nitrogen functional groups attached to an aromatic ring is 1. The summed E-state index contributed by atoms with van der Waals surface area (Å²) in [6, 6.07) is 5.74. The smallest absolute Gasteiger partial charge is 0.0518 e. The molecule has 0 unspecified atom stereocenters. The van der Waals surface area contributed by atoms with Crippen molar-refractivity contribution in [1.82, 2.24) is 5.43 Å². The van der Waals surface area contributed by atoms with Crippen LogP contribution < -0.4 is 16.6 Å². The van der Waals surface area contributed by atoms with Gasteiger partial charge in [0.2, 0.25) is 0 Å². The molecule has 0 saturated carbocycles. The van der Waals surface area contributed by atoms with Gasteiger partial charge in [-0.15, -0.1) is 0 Å². The third kappa shape index (κ3) is 1.85. The maximum Gasteiger partial charge on any atom is 0.0518 e. The van der Waals surface area contributed by atoms with Crippen molar-refractivity contribution in [3.63, 3.8) is 0 Å². The Morgan fingerprint density at radius 3 is 2.64 bits per heavy atom. The second-order valence-electron chi connectivity index (χ2n) is 2.45. The molecule has 0 bridgehead atoms. The highest BCUT2D eigenvalue weighted by Gasteiger charge is 1.94. The lowest BCUT2D eigenvalue weighted by Gasteiger charge is -2.07. The van der Waals surface area contributed by atoms with Gasteiger partial charge in [-0.1, -0.05) is 0 Å². The number of rotatable bonds is 2. The molecule has 0 aliphatic rings. The minimum atomic E-state index is 0.796. The number of hydrogen-bond donors (Lipinski definition) is 3. The van der Waals surface area contributed by atoms with Crippen LogP contribution in [0.3, 0.4) is 0 Å². The van der Waals surface area contributed by atoms with E-state index < -0.39 is 0 Å². The molecule has 0 amide bonds. The average molecular weight is 151 g/mol. The summed E-state index contributed by atoms with van der Waals surface area (Å²) in [6.45, 7) is 2.01. The van der Waals surface area contributed by atoms with Gasteiger partial charge in [0.05, 0.1) is 5.69 Å². The van der Waals surface area contributed by atoms with Crippen LogP contribution in [0.4, 0.5) is 11.4 Å². The van der Waals surface area contributed by atoms with Crippen molar-refractivity contribution >= 4 is 11.4 Å². The van der Waals surface area contributed by atoms with Crippen LogP contribution in [0, 0.1) is 6.92 Å². The van der Waals surface area contributed by atoms with Crippen LogP contribution in [0.15, 0.2) is 18.2 Å². The summed E-state index contributed by atoms with van der Waals surface area (Å²) in [4.78, 5) is 0. The Hall–Kier alpha value is -1.22. The number of hydrazine groups is 1. The van der Waals surface area contributed by atoms with Crippen molar-refractivity contribution in [3.8, 4) is 0 Å². The largest absolute Gasteiger partial charge is 0.399 e. The lowest BCUT2D eigenvalue weighted by atomic mass is 10.2.